The second-order valence-corrected chi connectivity index (χ2v) is 18.4. The van der Waals surface area contributed by atoms with Gasteiger partial charge in [-0.3, -0.25) is 0 Å². The molecule has 45 heavy (non-hydrogen) atoms. The molecule has 2 bridgehead atoms. The molecule has 3 aliphatic heterocycles. The van der Waals surface area contributed by atoms with Gasteiger partial charge in [-0.05, 0) is 92.8 Å². The molecule has 10 nitrogen and oxygen atoms in total. The van der Waals surface area contributed by atoms with E-state index in [1.54, 1.807) is 13.8 Å². The summed E-state index contributed by atoms with van der Waals surface area (Å²) in [5, 5.41) is 67.0. The molecule has 3 heterocycles. The van der Waals surface area contributed by atoms with Crippen molar-refractivity contribution >= 4 is 0 Å². The Morgan fingerprint density at radius 1 is 0.844 bits per heavy atom. The molecule has 3 saturated heterocycles. The van der Waals surface area contributed by atoms with Crippen LogP contribution in [0.3, 0.4) is 0 Å². The first-order chi connectivity index (χ1) is 20.8. The van der Waals surface area contributed by atoms with Crippen LogP contribution in [-0.2, 0) is 18.9 Å². The molecule has 0 aromatic heterocycles. The minimum atomic E-state index is -1.32. The predicted molar refractivity (Wildman–Crippen MR) is 160 cm³/mol. The van der Waals surface area contributed by atoms with E-state index >= 15 is 0 Å². The SMILES string of the molecule is C[C@@H]1CC2OC3(OC2C(C)(C)O)C(O)[C@@]2(C)C4CCC5C(C)(C)C(O[C@@H]6OC[C@@H](O)[C@H](O)[C@H]6O)CCC56CC46C[C@@H](O)[C@]2(C)[C@@H]13. The average molecular weight is 637 g/mol. The minimum absolute atomic E-state index is 0.0126. The molecular formula is C35H56O10. The number of fused-ring (bicyclic) bond motifs is 4. The normalized spacial score (nSPS) is 62.7. The van der Waals surface area contributed by atoms with Crippen LogP contribution in [0.4, 0.5) is 0 Å². The van der Waals surface area contributed by atoms with Gasteiger partial charge in [-0.1, -0.05) is 34.6 Å². The Hall–Kier alpha value is -0.400. The number of rotatable bonds is 3. The summed E-state index contributed by atoms with van der Waals surface area (Å²) in [6, 6.07) is 0. The molecule has 8 rings (SSSR count). The summed E-state index contributed by atoms with van der Waals surface area (Å²) in [5.41, 5.74) is -2.78. The van der Waals surface area contributed by atoms with E-state index in [0.717, 1.165) is 38.5 Å². The molecule has 3 spiro atoms. The van der Waals surface area contributed by atoms with E-state index in [1.165, 1.54) is 0 Å². The lowest BCUT2D eigenvalue weighted by Crippen LogP contribution is -2.64. The summed E-state index contributed by atoms with van der Waals surface area (Å²) in [6.07, 6.45) is -1.40. The van der Waals surface area contributed by atoms with Gasteiger partial charge in [-0.25, -0.2) is 0 Å². The molecule has 5 saturated carbocycles. The lowest BCUT2D eigenvalue weighted by Gasteiger charge is -2.65. The fraction of sp³-hybridized carbons (Fsp3) is 1.00. The zero-order valence-electron chi connectivity index (χ0n) is 28.0. The van der Waals surface area contributed by atoms with Gasteiger partial charge < -0.3 is 49.6 Å². The smallest absolute Gasteiger partial charge is 0.199 e. The maximum atomic E-state index is 12.7. The molecule has 0 aromatic rings. The Morgan fingerprint density at radius 2 is 1.53 bits per heavy atom. The lowest BCUT2D eigenvalue weighted by molar-refractivity contribution is -0.304. The second-order valence-electron chi connectivity index (χ2n) is 18.4. The van der Waals surface area contributed by atoms with Crippen LogP contribution in [0.2, 0.25) is 0 Å². The fourth-order valence-corrected chi connectivity index (χ4v) is 14.0. The van der Waals surface area contributed by atoms with Crippen LogP contribution in [0.1, 0.15) is 93.4 Å². The van der Waals surface area contributed by atoms with Crippen LogP contribution in [0.25, 0.3) is 0 Å². The highest BCUT2D eigenvalue weighted by Crippen LogP contribution is 2.90. The van der Waals surface area contributed by atoms with E-state index in [2.05, 4.69) is 34.6 Å². The molecule has 9 unspecified atom stereocenters. The summed E-state index contributed by atoms with van der Waals surface area (Å²) in [7, 11) is 0. The predicted octanol–water partition coefficient (Wildman–Crippen LogP) is 2.09. The Labute approximate surface area is 266 Å². The summed E-state index contributed by atoms with van der Waals surface area (Å²) in [5.74, 6) is -0.820. The van der Waals surface area contributed by atoms with Gasteiger partial charge in [0.1, 0.15) is 30.5 Å². The first kappa shape index (κ1) is 31.8. The van der Waals surface area contributed by atoms with E-state index in [0.29, 0.717) is 12.3 Å². The van der Waals surface area contributed by atoms with Gasteiger partial charge in [0.25, 0.3) is 0 Å². The topological polar surface area (TPSA) is 158 Å². The molecule has 18 atom stereocenters. The van der Waals surface area contributed by atoms with E-state index < -0.39 is 65.1 Å². The number of hydrogen-bond donors (Lipinski definition) is 6. The number of hydrogen-bond acceptors (Lipinski definition) is 10. The molecule has 8 aliphatic rings. The van der Waals surface area contributed by atoms with E-state index in [9.17, 15) is 30.6 Å². The summed E-state index contributed by atoms with van der Waals surface area (Å²) >= 11 is 0. The minimum Gasteiger partial charge on any atom is -0.393 e. The fourth-order valence-electron chi connectivity index (χ4n) is 14.0. The zero-order chi connectivity index (χ0) is 32.5. The van der Waals surface area contributed by atoms with Gasteiger partial charge in [0.2, 0.25) is 0 Å². The molecular weight excluding hydrogens is 580 g/mol. The Morgan fingerprint density at radius 3 is 2.22 bits per heavy atom. The van der Waals surface area contributed by atoms with Gasteiger partial charge in [0.05, 0.1) is 30.5 Å². The highest BCUT2D eigenvalue weighted by atomic mass is 16.8. The van der Waals surface area contributed by atoms with Crippen LogP contribution in [0.15, 0.2) is 0 Å². The molecule has 5 aliphatic carbocycles. The first-order valence-electron chi connectivity index (χ1n) is 17.6. The van der Waals surface area contributed by atoms with Crippen LogP contribution < -0.4 is 0 Å². The van der Waals surface area contributed by atoms with E-state index in [4.69, 9.17) is 18.9 Å². The highest BCUT2D eigenvalue weighted by molar-refractivity contribution is 5.36. The number of aliphatic hydroxyl groups is 6. The monoisotopic (exact) mass is 636 g/mol. The number of aliphatic hydroxyl groups excluding tert-OH is 5. The zero-order valence-corrected chi connectivity index (χ0v) is 28.0. The largest absolute Gasteiger partial charge is 0.393 e. The van der Waals surface area contributed by atoms with E-state index in [1.807, 2.05) is 0 Å². The van der Waals surface area contributed by atoms with Crippen molar-refractivity contribution in [2.24, 2.45) is 50.7 Å². The molecule has 0 aromatic carbocycles. The maximum Gasteiger partial charge on any atom is 0.199 e. The van der Waals surface area contributed by atoms with Crippen molar-refractivity contribution in [3.05, 3.63) is 0 Å². The average Bonchev–Trinajstić information content (AvgIpc) is 3.44. The summed E-state index contributed by atoms with van der Waals surface area (Å²) < 4.78 is 25.6. The molecule has 0 radical (unpaired) electrons. The Kier molecular flexibility index (Phi) is 6.53. The van der Waals surface area contributed by atoms with Crippen molar-refractivity contribution in [2.45, 2.75) is 160 Å². The second kappa shape index (κ2) is 9.23. The van der Waals surface area contributed by atoms with Crippen molar-refractivity contribution in [3.8, 4) is 0 Å². The van der Waals surface area contributed by atoms with Gasteiger partial charge in [0, 0.05) is 16.7 Å². The summed E-state index contributed by atoms with van der Waals surface area (Å²) in [4.78, 5) is 0. The van der Waals surface area contributed by atoms with Crippen molar-refractivity contribution < 1.29 is 49.6 Å². The van der Waals surface area contributed by atoms with Gasteiger partial charge in [-0.15, -0.1) is 0 Å². The molecule has 10 heteroatoms. The molecule has 256 valence electrons. The van der Waals surface area contributed by atoms with Crippen LogP contribution in [0.5, 0.6) is 0 Å². The van der Waals surface area contributed by atoms with Crippen molar-refractivity contribution in [3.63, 3.8) is 0 Å². The molecule has 6 N–H and O–H groups in total. The van der Waals surface area contributed by atoms with Crippen LogP contribution in [-0.4, -0.2) is 104 Å². The van der Waals surface area contributed by atoms with Crippen LogP contribution >= 0.6 is 0 Å². The molecule has 8 fully saturated rings. The number of ether oxygens (including phenoxy) is 4. The third kappa shape index (κ3) is 3.51. The third-order valence-electron chi connectivity index (χ3n) is 15.9. The standard InChI is InChI=1S/C35H56O10/c1-16-12-18-26(30(4,5)41)45-35(44-18)25(16)32(7)21(37)13-34-15-33(34)11-10-22(43-27-24(39)23(38)17(36)14-42-27)29(2,3)19(33)8-9-20(34)31(32,6)28(35)40/h16-28,36-41H,8-15H2,1-7H3/t16-,17-,18?,19?,20?,21-,22?,23+,24-,25-,26?,27+,28?,31-,32-,33?,34?,35?/m1/s1. The summed E-state index contributed by atoms with van der Waals surface area (Å²) in [6.45, 7) is 14.5. The first-order valence-corrected chi connectivity index (χ1v) is 17.6. The highest BCUT2D eigenvalue weighted by Gasteiger charge is 2.89. The Bertz CT molecular complexity index is 1240. The lowest BCUT2D eigenvalue weighted by atomic mass is 9.40. The van der Waals surface area contributed by atoms with Crippen LogP contribution in [0, 0.1) is 50.7 Å². The Balaban J connectivity index is 1.12. The van der Waals surface area contributed by atoms with Gasteiger partial charge in [-0.2, -0.15) is 0 Å². The van der Waals surface area contributed by atoms with Gasteiger partial charge >= 0.3 is 0 Å². The van der Waals surface area contributed by atoms with Gasteiger partial charge in [0.15, 0.2) is 12.1 Å². The van der Waals surface area contributed by atoms with Crippen molar-refractivity contribution in [2.75, 3.05) is 6.61 Å². The maximum absolute atomic E-state index is 12.7. The quantitative estimate of drug-likeness (QED) is 0.254. The van der Waals surface area contributed by atoms with Crippen molar-refractivity contribution in [1.82, 2.24) is 0 Å². The van der Waals surface area contributed by atoms with Crippen molar-refractivity contribution in [1.29, 1.82) is 0 Å². The van der Waals surface area contributed by atoms with E-state index in [-0.39, 0.29) is 52.8 Å². The third-order valence-corrected chi connectivity index (χ3v) is 15.9. The molecule has 0 amide bonds.